The molecule has 0 N–H and O–H groups in total. The summed E-state index contributed by atoms with van der Waals surface area (Å²) in [6.45, 7) is 1.97. The highest BCUT2D eigenvalue weighted by molar-refractivity contribution is 9.10. The minimum atomic E-state index is 0.971. The molecule has 14 heavy (non-hydrogen) atoms. The third-order valence-electron chi connectivity index (χ3n) is 1.92. The van der Waals surface area contributed by atoms with Gasteiger partial charge in [-0.25, -0.2) is 0 Å². The van der Waals surface area contributed by atoms with Gasteiger partial charge in [-0.1, -0.05) is 0 Å². The molecule has 0 saturated heterocycles. The number of halogens is 1. The largest absolute Gasteiger partial charge is 0.262 e. The molecule has 2 nitrogen and oxygen atoms in total. The molecule has 0 aliphatic carbocycles. The zero-order valence-corrected chi connectivity index (χ0v) is 9.32. The van der Waals surface area contributed by atoms with Crippen molar-refractivity contribution in [1.29, 1.82) is 0 Å². The average Bonchev–Trinajstić information content (AvgIpc) is 2.19. The number of pyridine rings is 2. The summed E-state index contributed by atoms with van der Waals surface area (Å²) in [5, 5.41) is 0. The van der Waals surface area contributed by atoms with E-state index in [1.54, 1.807) is 12.4 Å². The van der Waals surface area contributed by atoms with Crippen molar-refractivity contribution in [2.24, 2.45) is 0 Å². The van der Waals surface area contributed by atoms with Crippen LogP contribution >= 0.6 is 15.9 Å². The van der Waals surface area contributed by atoms with Crippen molar-refractivity contribution in [1.82, 2.24) is 9.97 Å². The molecule has 2 aromatic rings. The van der Waals surface area contributed by atoms with Crippen LogP contribution in [0, 0.1) is 6.92 Å². The van der Waals surface area contributed by atoms with E-state index in [1.807, 2.05) is 31.2 Å². The fourth-order valence-corrected chi connectivity index (χ4v) is 1.49. The molecule has 2 aromatic heterocycles. The van der Waals surface area contributed by atoms with Crippen LogP contribution in [-0.2, 0) is 0 Å². The summed E-state index contributed by atoms with van der Waals surface area (Å²) in [6, 6.07) is 7.95. The Bertz CT molecular complexity index is 437. The third-order valence-corrected chi connectivity index (χ3v) is 2.39. The molecule has 0 atom stereocenters. The lowest BCUT2D eigenvalue weighted by atomic mass is 10.1. The number of nitrogens with zero attached hydrogens (tertiary/aromatic N) is 2. The molecular weight excluding hydrogens is 240 g/mol. The maximum atomic E-state index is 4.31. The maximum absolute atomic E-state index is 4.31. The van der Waals surface area contributed by atoms with E-state index in [1.165, 1.54) is 0 Å². The first-order valence-corrected chi connectivity index (χ1v) is 5.09. The van der Waals surface area contributed by atoms with Crippen LogP contribution in [0.15, 0.2) is 41.1 Å². The van der Waals surface area contributed by atoms with Crippen LogP contribution in [-0.4, -0.2) is 9.97 Å². The monoisotopic (exact) mass is 248 g/mol. The second-order valence-electron chi connectivity index (χ2n) is 3.05. The van der Waals surface area contributed by atoms with Gasteiger partial charge in [-0.15, -0.1) is 0 Å². The summed E-state index contributed by atoms with van der Waals surface area (Å²) < 4.78 is 0.993. The first-order valence-electron chi connectivity index (χ1n) is 4.30. The lowest BCUT2D eigenvalue weighted by Gasteiger charge is -2.00. The second-order valence-corrected chi connectivity index (χ2v) is 3.96. The summed E-state index contributed by atoms with van der Waals surface area (Å²) in [6.07, 6.45) is 3.60. The molecule has 0 saturated carbocycles. The normalized spacial score (nSPS) is 10.1. The predicted octanol–water partition coefficient (Wildman–Crippen LogP) is 3.21. The zero-order chi connectivity index (χ0) is 9.97. The van der Waals surface area contributed by atoms with Gasteiger partial charge in [0.25, 0.3) is 0 Å². The van der Waals surface area contributed by atoms with Gasteiger partial charge in [-0.05, 0) is 47.1 Å². The molecule has 70 valence electrons. The highest BCUT2D eigenvalue weighted by Crippen LogP contribution is 2.18. The summed E-state index contributed by atoms with van der Waals surface area (Å²) in [5.41, 5.74) is 3.08. The highest BCUT2D eigenvalue weighted by atomic mass is 79.9. The van der Waals surface area contributed by atoms with Gasteiger partial charge in [-0.2, -0.15) is 0 Å². The van der Waals surface area contributed by atoms with Gasteiger partial charge in [0.2, 0.25) is 0 Å². The Labute approximate surface area is 91.2 Å². The van der Waals surface area contributed by atoms with Crippen LogP contribution < -0.4 is 0 Å². The molecule has 0 aliphatic rings. The van der Waals surface area contributed by atoms with E-state index in [-0.39, 0.29) is 0 Å². The molecule has 0 spiro atoms. The van der Waals surface area contributed by atoms with Crippen LogP contribution in [0.5, 0.6) is 0 Å². The zero-order valence-electron chi connectivity index (χ0n) is 7.74. The lowest BCUT2D eigenvalue weighted by Crippen LogP contribution is -1.85. The summed E-state index contributed by atoms with van der Waals surface area (Å²) in [7, 11) is 0. The molecule has 0 aliphatic heterocycles. The Morgan fingerprint density at radius 3 is 2.64 bits per heavy atom. The van der Waals surface area contributed by atoms with Crippen molar-refractivity contribution in [3.8, 4) is 11.3 Å². The van der Waals surface area contributed by atoms with Crippen LogP contribution in [0.2, 0.25) is 0 Å². The van der Waals surface area contributed by atoms with Crippen LogP contribution in [0.25, 0.3) is 11.3 Å². The number of aromatic nitrogens is 2. The minimum Gasteiger partial charge on any atom is -0.262 e. The van der Waals surface area contributed by atoms with E-state index in [2.05, 4.69) is 25.9 Å². The van der Waals surface area contributed by atoms with Crippen molar-refractivity contribution >= 4 is 15.9 Å². The SMILES string of the molecule is Cc1cc(-c2ccc(Br)cn2)ccn1. The van der Waals surface area contributed by atoms with Gasteiger partial charge >= 0.3 is 0 Å². The van der Waals surface area contributed by atoms with Crippen LogP contribution in [0.1, 0.15) is 5.69 Å². The number of hydrogen-bond donors (Lipinski definition) is 0. The van der Waals surface area contributed by atoms with Gasteiger partial charge in [0, 0.05) is 28.1 Å². The molecule has 3 heteroatoms. The first-order chi connectivity index (χ1) is 6.75. The van der Waals surface area contributed by atoms with Gasteiger partial charge < -0.3 is 0 Å². The average molecular weight is 249 g/mol. The van der Waals surface area contributed by atoms with Gasteiger partial charge in [0.05, 0.1) is 5.69 Å². The Morgan fingerprint density at radius 1 is 1.14 bits per heavy atom. The number of hydrogen-bond acceptors (Lipinski definition) is 2. The summed E-state index contributed by atoms with van der Waals surface area (Å²) in [5.74, 6) is 0. The van der Waals surface area contributed by atoms with E-state index < -0.39 is 0 Å². The maximum Gasteiger partial charge on any atom is 0.0704 e. The van der Waals surface area contributed by atoms with E-state index in [0.29, 0.717) is 0 Å². The van der Waals surface area contributed by atoms with E-state index in [9.17, 15) is 0 Å². The number of rotatable bonds is 1. The Balaban J connectivity index is 2.44. The smallest absolute Gasteiger partial charge is 0.0704 e. The quantitative estimate of drug-likeness (QED) is 0.775. The summed E-state index contributed by atoms with van der Waals surface area (Å²) in [4.78, 5) is 8.46. The molecule has 2 rings (SSSR count). The van der Waals surface area contributed by atoms with Gasteiger partial charge in [0.15, 0.2) is 0 Å². The summed E-state index contributed by atoms with van der Waals surface area (Å²) >= 11 is 3.36. The lowest BCUT2D eigenvalue weighted by molar-refractivity contribution is 1.19. The van der Waals surface area contributed by atoms with Gasteiger partial charge in [0.1, 0.15) is 0 Å². The molecule has 0 amide bonds. The van der Waals surface area contributed by atoms with Crippen molar-refractivity contribution in [2.75, 3.05) is 0 Å². The molecule has 0 fully saturated rings. The van der Waals surface area contributed by atoms with Crippen molar-refractivity contribution in [3.05, 3.63) is 46.8 Å². The second kappa shape index (κ2) is 3.88. The minimum absolute atomic E-state index is 0.971. The fourth-order valence-electron chi connectivity index (χ4n) is 1.25. The van der Waals surface area contributed by atoms with E-state index in [0.717, 1.165) is 21.4 Å². The van der Waals surface area contributed by atoms with E-state index in [4.69, 9.17) is 0 Å². The van der Waals surface area contributed by atoms with Crippen molar-refractivity contribution in [2.45, 2.75) is 6.92 Å². The predicted molar refractivity (Wildman–Crippen MR) is 59.9 cm³/mol. The molecule has 0 aromatic carbocycles. The van der Waals surface area contributed by atoms with Crippen LogP contribution in [0.3, 0.4) is 0 Å². The molecule has 2 heterocycles. The van der Waals surface area contributed by atoms with E-state index >= 15 is 0 Å². The Morgan fingerprint density at radius 2 is 2.00 bits per heavy atom. The Hall–Kier alpha value is -1.22. The van der Waals surface area contributed by atoms with Crippen LogP contribution in [0.4, 0.5) is 0 Å². The molecule has 0 unspecified atom stereocenters. The van der Waals surface area contributed by atoms with Gasteiger partial charge in [-0.3, -0.25) is 9.97 Å². The molecule has 0 bridgehead atoms. The first kappa shape index (κ1) is 9.34. The topological polar surface area (TPSA) is 25.8 Å². The molecule has 0 radical (unpaired) electrons. The standard InChI is InChI=1S/C11H9BrN2/c1-8-6-9(4-5-13-8)11-3-2-10(12)7-14-11/h2-7H,1H3. The molecular formula is C11H9BrN2. The van der Waals surface area contributed by atoms with Crippen molar-refractivity contribution < 1.29 is 0 Å². The third kappa shape index (κ3) is 1.99. The fraction of sp³-hybridized carbons (Fsp3) is 0.0909. The number of aryl methyl sites for hydroxylation is 1. The highest BCUT2D eigenvalue weighted by Gasteiger charge is 1.98. The Kier molecular flexibility index (Phi) is 2.59. The van der Waals surface area contributed by atoms with Crippen molar-refractivity contribution in [3.63, 3.8) is 0 Å².